The van der Waals surface area contributed by atoms with Crippen LogP contribution in [0.15, 0.2) is 5.57 Å². The zero-order valence-electron chi connectivity index (χ0n) is 9.46. The Morgan fingerprint density at radius 2 is 1.60 bits per heavy atom. The number of carbonyl (C=O) groups excluding carboxylic acids is 3. The topological polar surface area (TPSA) is 54.5 Å². The molecule has 0 spiro atoms. The molecule has 0 saturated heterocycles. The molecule has 81 valence electrons. The number of carbonyl (C=O) groups is 3. The Balaban J connectivity index is 0. The Morgan fingerprint density at radius 1 is 1.13 bits per heavy atom. The molecule has 0 saturated carbocycles. The van der Waals surface area contributed by atoms with Crippen LogP contribution in [0.4, 0.5) is 0 Å². The van der Waals surface area contributed by atoms with Crippen LogP contribution in [0.2, 0.25) is 0 Å². The molecule has 0 rings (SSSR count). The molecule has 0 atom stereocenters. The van der Waals surface area contributed by atoms with E-state index in [1.54, 1.807) is 6.92 Å². The molecule has 15 heavy (non-hydrogen) atoms. The molecule has 4 nitrogen and oxygen atoms in total. The van der Waals surface area contributed by atoms with Crippen LogP contribution in [-0.2, 0) is 14.4 Å². The smallest absolute Gasteiger partial charge is 0.132 e. The van der Waals surface area contributed by atoms with Gasteiger partial charge in [0.25, 0.3) is 0 Å². The van der Waals surface area contributed by atoms with Gasteiger partial charge in [-0.05, 0) is 20.9 Å². The molecule has 0 aromatic heterocycles. The zero-order valence-corrected chi connectivity index (χ0v) is 13.1. The summed E-state index contributed by atoms with van der Waals surface area (Å²) in [4.78, 5) is 33.8. The van der Waals surface area contributed by atoms with E-state index in [1.807, 2.05) is 0 Å². The molecule has 0 aliphatic heterocycles. The Morgan fingerprint density at radius 3 is 1.93 bits per heavy atom. The molecule has 1 radical (unpaired) electrons. The predicted octanol–water partition coefficient (Wildman–Crippen LogP) is 0.720. The molecule has 1 amide bonds. The van der Waals surface area contributed by atoms with Gasteiger partial charge in [-0.1, -0.05) is 13.1 Å². The second kappa shape index (κ2) is 7.96. The minimum absolute atomic E-state index is 0. The van der Waals surface area contributed by atoms with Gasteiger partial charge in [-0.3, -0.25) is 0 Å². The summed E-state index contributed by atoms with van der Waals surface area (Å²) in [5, 5.41) is 0. The Labute approximate surface area is 118 Å². The van der Waals surface area contributed by atoms with Crippen molar-refractivity contribution < 1.29 is 50.0 Å². The fourth-order valence-corrected chi connectivity index (χ4v) is 0.724. The van der Waals surface area contributed by atoms with Crippen LogP contribution in [0.5, 0.6) is 0 Å². The van der Waals surface area contributed by atoms with E-state index in [4.69, 9.17) is 0 Å². The minimum atomic E-state index is -0.363. The second-order valence-corrected chi connectivity index (χ2v) is 3.12. The van der Waals surface area contributed by atoms with Gasteiger partial charge in [-0.2, -0.15) is 0 Å². The maximum absolute atomic E-state index is 11.2. The number of hydrogen-bond acceptors (Lipinski definition) is 3. The van der Waals surface area contributed by atoms with Crippen molar-refractivity contribution in [3.05, 3.63) is 11.8 Å². The molecule has 0 heterocycles. The summed E-state index contributed by atoms with van der Waals surface area (Å²) in [5.74, 6) is -0.713. The third-order valence-electron chi connectivity index (χ3n) is 1.64. The van der Waals surface area contributed by atoms with Gasteiger partial charge in [-0.15, -0.1) is 5.57 Å². The molecule has 0 bridgehead atoms. The number of Topliss-reactive ketones (excluding diaryl/α,β-unsaturated/α-hetero) is 2. The van der Waals surface area contributed by atoms with Crippen LogP contribution in [0.1, 0.15) is 27.2 Å². The van der Waals surface area contributed by atoms with Crippen LogP contribution in [0.25, 0.3) is 0 Å². The van der Waals surface area contributed by atoms with Crippen LogP contribution < -0.4 is 0 Å². The molecule has 0 aliphatic carbocycles. The molecular formula is C10H14LaNO3-. The average Bonchev–Trinajstić information content (AvgIpc) is 2.02. The van der Waals surface area contributed by atoms with Gasteiger partial charge in [0.2, 0.25) is 0 Å². The fourth-order valence-electron chi connectivity index (χ4n) is 0.724. The molecule has 0 aliphatic rings. The molecule has 0 aromatic carbocycles. The van der Waals surface area contributed by atoms with Gasteiger partial charge in [0.15, 0.2) is 0 Å². The maximum atomic E-state index is 11.2. The van der Waals surface area contributed by atoms with E-state index in [0.29, 0.717) is 5.57 Å². The van der Waals surface area contributed by atoms with Gasteiger partial charge < -0.3 is 19.3 Å². The number of rotatable bonds is 4. The van der Waals surface area contributed by atoms with Gasteiger partial charge in [0.1, 0.15) is 11.7 Å². The molecule has 0 fully saturated rings. The predicted molar refractivity (Wildman–Crippen MR) is 51.2 cm³/mol. The first-order valence-electron chi connectivity index (χ1n) is 4.21. The van der Waals surface area contributed by atoms with Crippen molar-refractivity contribution in [3.63, 3.8) is 0 Å². The van der Waals surface area contributed by atoms with E-state index in [0.717, 1.165) is 4.90 Å². The van der Waals surface area contributed by atoms with Crippen molar-refractivity contribution in [1.82, 2.24) is 4.90 Å². The first kappa shape index (κ1) is 17.1. The van der Waals surface area contributed by atoms with E-state index < -0.39 is 0 Å². The minimum Gasteiger partial charge on any atom is -0.428 e. The number of hydrogen-bond donors (Lipinski definition) is 0. The molecular weight excluding hydrogens is 321 g/mol. The van der Waals surface area contributed by atoms with Crippen molar-refractivity contribution in [2.24, 2.45) is 0 Å². The molecule has 0 N–H and O–H groups in total. The largest absolute Gasteiger partial charge is 0.428 e. The Kier molecular flexibility index (Phi) is 9.10. The van der Waals surface area contributed by atoms with Crippen molar-refractivity contribution in [2.75, 3.05) is 7.05 Å². The third-order valence-corrected chi connectivity index (χ3v) is 1.64. The number of allylic oxidation sites excluding steroid dienone is 1. The van der Waals surface area contributed by atoms with E-state index in [1.165, 1.54) is 20.9 Å². The quantitative estimate of drug-likeness (QED) is 0.329. The standard InChI is InChI=1S/C10H14NO3.La/c1-7(9(3)13)6-11(4)10(14)5-8(2)12;/h5H2,1-4H3;/q-1;. The first-order valence-corrected chi connectivity index (χ1v) is 4.21. The van der Waals surface area contributed by atoms with Crippen LogP contribution in [-0.4, -0.2) is 29.4 Å². The van der Waals surface area contributed by atoms with E-state index in [9.17, 15) is 14.4 Å². The SMILES string of the molecule is CC(=O)CC(=O)N(C)[C-]=C(C)C(C)=O.[La]. The Hall–Kier alpha value is -0.255. The van der Waals surface area contributed by atoms with Gasteiger partial charge >= 0.3 is 0 Å². The van der Waals surface area contributed by atoms with Gasteiger partial charge in [-0.25, -0.2) is 0 Å². The number of ketones is 2. The van der Waals surface area contributed by atoms with E-state index >= 15 is 0 Å². The molecule has 0 unspecified atom stereocenters. The van der Waals surface area contributed by atoms with Crippen molar-refractivity contribution in [2.45, 2.75) is 27.2 Å². The van der Waals surface area contributed by atoms with Gasteiger partial charge in [0.05, 0.1) is 5.78 Å². The van der Waals surface area contributed by atoms with Crippen molar-refractivity contribution in [3.8, 4) is 0 Å². The van der Waals surface area contributed by atoms with Crippen LogP contribution in [0.3, 0.4) is 0 Å². The summed E-state index contributed by atoms with van der Waals surface area (Å²) in [5.41, 5.74) is 0.365. The summed E-state index contributed by atoms with van der Waals surface area (Å²) in [6.45, 7) is 4.30. The van der Waals surface area contributed by atoms with Crippen LogP contribution in [0, 0.1) is 41.8 Å². The summed E-state index contributed by atoms with van der Waals surface area (Å²) in [6, 6.07) is 0. The van der Waals surface area contributed by atoms with Crippen molar-refractivity contribution >= 4 is 17.5 Å². The van der Waals surface area contributed by atoms with Gasteiger partial charge in [0, 0.05) is 42.0 Å². The number of nitrogens with zero attached hydrogens (tertiary/aromatic N) is 1. The Bertz CT molecular complexity index is 297. The monoisotopic (exact) mass is 335 g/mol. The molecule has 5 heteroatoms. The first-order chi connectivity index (χ1) is 6.34. The summed E-state index contributed by atoms with van der Waals surface area (Å²) >= 11 is 0. The van der Waals surface area contributed by atoms with E-state index in [-0.39, 0.29) is 59.5 Å². The summed E-state index contributed by atoms with van der Waals surface area (Å²) < 4.78 is 0. The third kappa shape index (κ3) is 7.65. The normalized spacial score (nSPS) is 10.3. The van der Waals surface area contributed by atoms with Crippen molar-refractivity contribution in [1.29, 1.82) is 0 Å². The zero-order chi connectivity index (χ0) is 11.3. The summed E-state index contributed by atoms with van der Waals surface area (Å²) in [7, 11) is 1.47. The van der Waals surface area contributed by atoms with E-state index in [2.05, 4.69) is 6.20 Å². The van der Waals surface area contributed by atoms with Crippen LogP contribution >= 0.6 is 0 Å². The summed E-state index contributed by atoms with van der Waals surface area (Å²) in [6.07, 6.45) is 2.43. The number of amides is 1. The fraction of sp³-hybridized carbons (Fsp3) is 0.500. The average molecular weight is 335 g/mol. The molecule has 0 aromatic rings. The second-order valence-electron chi connectivity index (χ2n) is 3.12. The maximum Gasteiger partial charge on any atom is 0.132 e.